The van der Waals surface area contributed by atoms with Crippen molar-refractivity contribution in [3.05, 3.63) is 56.7 Å². The van der Waals surface area contributed by atoms with Crippen molar-refractivity contribution in [3.8, 4) is 0 Å². The largest absolute Gasteiger partial charge is 0.433 e. The molecule has 1 atom stereocenters. The van der Waals surface area contributed by atoms with Gasteiger partial charge in [0, 0.05) is 11.6 Å². The number of nitrogens with one attached hydrogen (secondary N) is 1. The zero-order valence-electron chi connectivity index (χ0n) is 16.1. The van der Waals surface area contributed by atoms with Crippen LogP contribution >= 0.6 is 0 Å². The third-order valence-electron chi connectivity index (χ3n) is 4.20. The van der Waals surface area contributed by atoms with Crippen LogP contribution in [0.2, 0.25) is 0 Å². The van der Waals surface area contributed by atoms with Gasteiger partial charge in [-0.15, -0.1) is 0 Å². The van der Waals surface area contributed by atoms with Crippen molar-refractivity contribution in [1.82, 2.24) is 15.3 Å². The number of aromatic nitrogens is 2. The fourth-order valence-electron chi connectivity index (χ4n) is 2.83. The molecule has 0 saturated carbocycles. The first-order valence-electron chi connectivity index (χ1n) is 8.87. The number of halogens is 3. The van der Waals surface area contributed by atoms with Gasteiger partial charge in [-0.1, -0.05) is 20.3 Å². The third kappa shape index (κ3) is 5.17. The average Bonchev–Trinajstić information content (AvgIpc) is 2.58. The molecule has 0 aliphatic rings. The molecule has 0 spiro atoms. The van der Waals surface area contributed by atoms with Crippen LogP contribution in [-0.4, -0.2) is 15.9 Å². The van der Waals surface area contributed by atoms with Gasteiger partial charge in [0.25, 0.3) is 5.91 Å². The lowest BCUT2D eigenvalue weighted by molar-refractivity contribution is -0.141. The van der Waals surface area contributed by atoms with Crippen molar-refractivity contribution in [1.29, 1.82) is 0 Å². The molecule has 0 aliphatic carbocycles. The summed E-state index contributed by atoms with van der Waals surface area (Å²) in [6, 6.07) is 2.46. The maximum absolute atomic E-state index is 12.8. The van der Waals surface area contributed by atoms with E-state index in [2.05, 4.69) is 15.3 Å². The SMILES string of the molecule is CCCC(C)c1cc(C)c(C(=O)NCc2nc(C)cc(C(F)(F)F)n2)c(=O)o1. The Bertz CT molecular complexity index is 923. The highest BCUT2D eigenvalue weighted by atomic mass is 19.4. The number of carbonyl (C=O) groups excluding carboxylic acids is 1. The monoisotopic (exact) mass is 397 g/mol. The second-order valence-electron chi connectivity index (χ2n) is 6.68. The number of amides is 1. The molecule has 9 heteroatoms. The molecule has 0 saturated heterocycles. The molecule has 0 fully saturated rings. The smallest absolute Gasteiger partial charge is 0.427 e. The van der Waals surface area contributed by atoms with Gasteiger partial charge in [-0.2, -0.15) is 13.2 Å². The molecule has 0 bridgehead atoms. The van der Waals surface area contributed by atoms with Gasteiger partial charge in [0.1, 0.15) is 22.8 Å². The Morgan fingerprint density at radius 1 is 1.25 bits per heavy atom. The number of hydrogen-bond acceptors (Lipinski definition) is 5. The van der Waals surface area contributed by atoms with Crippen LogP contribution in [0.3, 0.4) is 0 Å². The normalized spacial score (nSPS) is 12.7. The Morgan fingerprint density at radius 2 is 1.93 bits per heavy atom. The van der Waals surface area contributed by atoms with Crippen molar-refractivity contribution >= 4 is 5.91 Å². The molecule has 2 rings (SSSR count). The summed E-state index contributed by atoms with van der Waals surface area (Å²) >= 11 is 0. The minimum absolute atomic E-state index is 0.0370. The number of aryl methyl sites for hydroxylation is 2. The summed E-state index contributed by atoms with van der Waals surface area (Å²) in [5.41, 5.74) is -1.49. The molecule has 2 aromatic heterocycles. The standard InChI is InChI=1S/C19H22F3N3O3/c1-5-6-10(2)13-7-11(3)16(18(27)28-13)17(26)23-9-15-24-12(4)8-14(25-15)19(20,21)22/h7-8,10H,5-6,9H2,1-4H3,(H,23,26). The van der Waals surface area contributed by atoms with Gasteiger partial charge in [0.05, 0.1) is 6.54 Å². The number of rotatable bonds is 6. The quantitative estimate of drug-likeness (QED) is 0.799. The van der Waals surface area contributed by atoms with Crippen molar-refractivity contribution in [2.24, 2.45) is 0 Å². The molecule has 0 aromatic carbocycles. The number of hydrogen-bond donors (Lipinski definition) is 1. The lowest BCUT2D eigenvalue weighted by Gasteiger charge is -2.12. The summed E-state index contributed by atoms with van der Waals surface area (Å²) in [6.07, 6.45) is -2.86. The topological polar surface area (TPSA) is 85.1 Å². The van der Waals surface area contributed by atoms with E-state index in [1.165, 1.54) is 6.92 Å². The van der Waals surface area contributed by atoms with Crippen molar-refractivity contribution in [2.75, 3.05) is 0 Å². The minimum atomic E-state index is -4.62. The fourth-order valence-corrected chi connectivity index (χ4v) is 2.83. The zero-order chi connectivity index (χ0) is 21.1. The number of nitrogens with zero attached hydrogens (tertiary/aromatic N) is 2. The van der Waals surface area contributed by atoms with E-state index in [-0.39, 0.29) is 29.5 Å². The van der Waals surface area contributed by atoms with Crippen molar-refractivity contribution in [3.63, 3.8) is 0 Å². The molecule has 2 heterocycles. The summed E-state index contributed by atoms with van der Waals surface area (Å²) < 4.78 is 43.8. The van der Waals surface area contributed by atoms with E-state index in [4.69, 9.17) is 4.42 Å². The Labute approximate surface area is 160 Å². The van der Waals surface area contributed by atoms with Gasteiger partial charge in [0.15, 0.2) is 0 Å². The van der Waals surface area contributed by atoms with Gasteiger partial charge in [0.2, 0.25) is 0 Å². The summed E-state index contributed by atoms with van der Waals surface area (Å²) in [6.45, 7) is 6.60. The Balaban J connectivity index is 2.20. The second-order valence-corrected chi connectivity index (χ2v) is 6.68. The second kappa shape index (κ2) is 8.53. The number of carbonyl (C=O) groups is 1. The highest BCUT2D eigenvalue weighted by Crippen LogP contribution is 2.27. The lowest BCUT2D eigenvalue weighted by Crippen LogP contribution is -2.30. The zero-order valence-corrected chi connectivity index (χ0v) is 16.1. The van der Waals surface area contributed by atoms with E-state index < -0.39 is 23.4 Å². The van der Waals surface area contributed by atoms with Crippen LogP contribution in [-0.2, 0) is 12.7 Å². The third-order valence-corrected chi connectivity index (χ3v) is 4.20. The first-order valence-corrected chi connectivity index (χ1v) is 8.87. The van der Waals surface area contributed by atoms with Crippen LogP contribution < -0.4 is 10.9 Å². The summed E-state index contributed by atoms with van der Waals surface area (Å²) in [5.74, 6) is -0.414. The Morgan fingerprint density at radius 3 is 2.50 bits per heavy atom. The van der Waals surface area contributed by atoms with E-state index in [1.54, 1.807) is 13.0 Å². The summed E-state index contributed by atoms with van der Waals surface area (Å²) in [5, 5.41) is 2.39. The Hall–Kier alpha value is -2.71. The highest BCUT2D eigenvalue weighted by molar-refractivity contribution is 5.95. The molecule has 1 amide bonds. The molecular weight excluding hydrogens is 375 g/mol. The van der Waals surface area contributed by atoms with Crippen LogP contribution in [0.4, 0.5) is 13.2 Å². The molecule has 0 aliphatic heterocycles. The van der Waals surface area contributed by atoms with E-state index >= 15 is 0 Å². The average molecular weight is 397 g/mol. The molecule has 1 unspecified atom stereocenters. The van der Waals surface area contributed by atoms with Crippen LogP contribution in [0.1, 0.15) is 71.5 Å². The van der Waals surface area contributed by atoms with Crippen molar-refractivity contribution in [2.45, 2.75) is 59.2 Å². The molecule has 2 aromatic rings. The molecule has 1 N–H and O–H groups in total. The van der Waals surface area contributed by atoms with E-state index in [1.807, 2.05) is 13.8 Å². The number of alkyl halides is 3. The first kappa shape index (κ1) is 21.6. The van der Waals surface area contributed by atoms with E-state index in [0.717, 1.165) is 18.9 Å². The van der Waals surface area contributed by atoms with Gasteiger partial charge in [-0.25, -0.2) is 14.8 Å². The molecule has 0 radical (unpaired) electrons. The van der Waals surface area contributed by atoms with Crippen LogP contribution in [0.15, 0.2) is 21.3 Å². The van der Waals surface area contributed by atoms with Crippen LogP contribution in [0, 0.1) is 13.8 Å². The van der Waals surface area contributed by atoms with Gasteiger partial charge in [-0.05, 0) is 38.0 Å². The first-order chi connectivity index (χ1) is 13.0. The van der Waals surface area contributed by atoms with Crippen LogP contribution in [0.5, 0.6) is 0 Å². The maximum atomic E-state index is 12.8. The van der Waals surface area contributed by atoms with E-state index in [9.17, 15) is 22.8 Å². The highest BCUT2D eigenvalue weighted by Gasteiger charge is 2.33. The minimum Gasteiger partial charge on any atom is -0.427 e. The predicted octanol–water partition coefficient (Wildman–Crippen LogP) is 3.90. The van der Waals surface area contributed by atoms with E-state index in [0.29, 0.717) is 11.3 Å². The van der Waals surface area contributed by atoms with Gasteiger partial charge in [-0.3, -0.25) is 4.79 Å². The Kier molecular flexibility index (Phi) is 6.58. The lowest BCUT2D eigenvalue weighted by atomic mass is 10.0. The summed E-state index contributed by atoms with van der Waals surface area (Å²) in [4.78, 5) is 31.9. The van der Waals surface area contributed by atoms with Crippen molar-refractivity contribution < 1.29 is 22.4 Å². The van der Waals surface area contributed by atoms with Crippen LogP contribution in [0.25, 0.3) is 0 Å². The molecular formula is C19H22F3N3O3. The fraction of sp³-hybridized carbons (Fsp3) is 0.474. The van der Waals surface area contributed by atoms with Gasteiger partial charge >= 0.3 is 11.8 Å². The molecule has 28 heavy (non-hydrogen) atoms. The molecule has 6 nitrogen and oxygen atoms in total. The molecule has 152 valence electrons. The maximum Gasteiger partial charge on any atom is 0.433 e. The predicted molar refractivity (Wildman–Crippen MR) is 96.0 cm³/mol. The van der Waals surface area contributed by atoms with Gasteiger partial charge < -0.3 is 9.73 Å². The summed E-state index contributed by atoms with van der Waals surface area (Å²) in [7, 11) is 0.